The third kappa shape index (κ3) is 1.74. The predicted octanol–water partition coefficient (Wildman–Crippen LogP) is 2.02. The zero-order valence-corrected chi connectivity index (χ0v) is 9.21. The van der Waals surface area contributed by atoms with Crippen LogP contribution in [0, 0.1) is 0 Å². The Morgan fingerprint density at radius 2 is 2.14 bits per heavy atom. The molecule has 1 aromatic carbocycles. The molecule has 1 aromatic rings. The van der Waals surface area contributed by atoms with E-state index in [9.17, 15) is 4.21 Å². The summed E-state index contributed by atoms with van der Waals surface area (Å²) in [7, 11) is 0. The lowest BCUT2D eigenvalue weighted by Gasteiger charge is -2.14. The Balaban J connectivity index is 2.21. The molecule has 0 heterocycles. The topological polar surface area (TPSA) is 26.3 Å². The summed E-state index contributed by atoms with van der Waals surface area (Å²) in [5.74, 6) is 0.357. The van der Waals surface area contributed by atoms with Crippen LogP contribution in [0.15, 0.2) is 24.3 Å². The van der Waals surface area contributed by atoms with Gasteiger partial charge in [-0.15, -0.1) is 0 Å². The zero-order chi connectivity index (χ0) is 10.1. The highest BCUT2D eigenvalue weighted by Gasteiger charge is 2.30. The van der Waals surface area contributed by atoms with Crippen molar-refractivity contribution in [3.05, 3.63) is 35.4 Å². The van der Waals surface area contributed by atoms with Gasteiger partial charge >= 0.3 is 0 Å². The Morgan fingerprint density at radius 1 is 1.43 bits per heavy atom. The van der Waals surface area contributed by atoms with Crippen molar-refractivity contribution in [2.45, 2.75) is 25.4 Å². The molecule has 3 heteroatoms. The van der Waals surface area contributed by atoms with Crippen LogP contribution in [0.4, 0.5) is 0 Å². The van der Waals surface area contributed by atoms with Crippen LogP contribution in [0.2, 0.25) is 0 Å². The number of hydrogen-bond donors (Lipinski definition) is 0. The summed E-state index contributed by atoms with van der Waals surface area (Å²) in [5, 5.41) is 0. The van der Waals surface area contributed by atoms with E-state index in [-0.39, 0.29) is 6.10 Å². The molecule has 0 fully saturated rings. The van der Waals surface area contributed by atoms with Crippen molar-refractivity contribution in [1.82, 2.24) is 0 Å². The first-order valence-corrected chi connectivity index (χ1v) is 6.25. The van der Waals surface area contributed by atoms with Crippen LogP contribution in [-0.4, -0.2) is 16.6 Å². The van der Waals surface area contributed by atoms with Crippen LogP contribution in [0.5, 0.6) is 0 Å². The minimum absolute atomic E-state index is 0.0817. The molecule has 3 atom stereocenters. The van der Waals surface area contributed by atoms with Gasteiger partial charge in [0.1, 0.15) is 0 Å². The standard InChI is InChI=1S/C11H14O2S/c1-8-10-6-4-3-5-9(10)7-11(8)13-14(2)12/h3-6,8,11H,7H2,1-2H3. The van der Waals surface area contributed by atoms with E-state index in [1.807, 2.05) is 12.1 Å². The smallest absolute Gasteiger partial charge is 0.152 e. The van der Waals surface area contributed by atoms with Crippen LogP contribution in [0.25, 0.3) is 0 Å². The van der Waals surface area contributed by atoms with Gasteiger partial charge in [0, 0.05) is 18.6 Å². The summed E-state index contributed by atoms with van der Waals surface area (Å²) >= 11 is -1.16. The summed E-state index contributed by atoms with van der Waals surface area (Å²) in [6.45, 7) is 2.13. The third-order valence-electron chi connectivity index (χ3n) is 2.78. The number of hydrogen-bond acceptors (Lipinski definition) is 2. The molecule has 0 aliphatic heterocycles. The molecule has 0 saturated heterocycles. The van der Waals surface area contributed by atoms with Crippen LogP contribution >= 0.6 is 0 Å². The Labute approximate surface area is 86.9 Å². The Morgan fingerprint density at radius 3 is 2.79 bits per heavy atom. The van der Waals surface area contributed by atoms with Gasteiger partial charge in [0.15, 0.2) is 11.1 Å². The molecule has 2 rings (SSSR count). The quantitative estimate of drug-likeness (QED) is 0.746. The first kappa shape index (κ1) is 9.87. The van der Waals surface area contributed by atoms with E-state index in [2.05, 4.69) is 19.1 Å². The van der Waals surface area contributed by atoms with E-state index < -0.39 is 11.1 Å². The van der Waals surface area contributed by atoms with Gasteiger partial charge < -0.3 is 0 Å². The number of benzene rings is 1. The van der Waals surface area contributed by atoms with Gasteiger partial charge in [0.05, 0.1) is 6.10 Å². The van der Waals surface area contributed by atoms with Crippen molar-refractivity contribution in [2.24, 2.45) is 0 Å². The normalized spacial score (nSPS) is 27.3. The average molecular weight is 210 g/mol. The van der Waals surface area contributed by atoms with E-state index in [4.69, 9.17) is 4.18 Å². The summed E-state index contributed by atoms with van der Waals surface area (Å²) in [4.78, 5) is 0. The van der Waals surface area contributed by atoms with Crippen molar-refractivity contribution in [3.63, 3.8) is 0 Å². The van der Waals surface area contributed by atoms with Gasteiger partial charge in [-0.2, -0.15) is 0 Å². The molecule has 0 N–H and O–H groups in total. The third-order valence-corrected chi connectivity index (χ3v) is 3.30. The van der Waals surface area contributed by atoms with E-state index in [1.165, 1.54) is 11.1 Å². The van der Waals surface area contributed by atoms with Crippen molar-refractivity contribution in [2.75, 3.05) is 6.26 Å². The molecule has 76 valence electrons. The van der Waals surface area contributed by atoms with E-state index in [0.717, 1.165) is 6.42 Å². The van der Waals surface area contributed by atoms with Gasteiger partial charge in [-0.25, -0.2) is 4.21 Å². The molecule has 0 spiro atoms. The Hall–Kier alpha value is -0.670. The van der Waals surface area contributed by atoms with Crippen LogP contribution in [0.1, 0.15) is 24.0 Å². The largest absolute Gasteiger partial charge is 0.286 e. The fourth-order valence-corrected chi connectivity index (χ4v) is 2.63. The van der Waals surface area contributed by atoms with Crippen LogP contribution in [-0.2, 0) is 21.7 Å². The number of rotatable bonds is 2. The minimum atomic E-state index is -1.16. The maximum atomic E-state index is 11.0. The summed E-state index contributed by atoms with van der Waals surface area (Å²) in [5.41, 5.74) is 2.67. The second kappa shape index (κ2) is 3.83. The highest BCUT2D eigenvalue weighted by molar-refractivity contribution is 7.79. The summed E-state index contributed by atoms with van der Waals surface area (Å²) in [6, 6.07) is 8.33. The second-order valence-corrected chi connectivity index (χ2v) is 4.72. The predicted molar refractivity (Wildman–Crippen MR) is 57.5 cm³/mol. The minimum Gasteiger partial charge on any atom is -0.286 e. The molecular weight excluding hydrogens is 196 g/mol. The zero-order valence-electron chi connectivity index (χ0n) is 8.40. The Kier molecular flexibility index (Phi) is 2.70. The van der Waals surface area contributed by atoms with Crippen molar-refractivity contribution < 1.29 is 8.39 Å². The van der Waals surface area contributed by atoms with Gasteiger partial charge in [0.25, 0.3) is 0 Å². The first-order chi connectivity index (χ1) is 6.68. The SMILES string of the molecule is CC1c2ccccc2CC1OS(C)=O. The lowest BCUT2D eigenvalue weighted by atomic mass is 10.0. The number of fused-ring (bicyclic) bond motifs is 1. The molecule has 0 amide bonds. The van der Waals surface area contributed by atoms with Crippen LogP contribution < -0.4 is 0 Å². The molecule has 0 aromatic heterocycles. The van der Waals surface area contributed by atoms with E-state index in [1.54, 1.807) is 6.26 Å². The highest BCUT2D eigenvalue weighted by atomic mass is 32.2. The molecule has 3 unspecified atom stereocenters. The molecule has 2 nitrogen and oxygen atoms in total. The maximum absolute atomic E-state index is 11.0. The average Bonchev–Trinajstić information content (AvgIpc) is 2.44. The molecule has 14 heavy (non-hydrogen) atoms. The first-order valence-electron chi connectivity index (χ1n) is 4.77. The van der Waals surface area contributed by atoms with E-state index in [0.29, 0.717) is 5.92 Å². The molecule has 0 radical (unpaired) electrons. The van der Waals surface area contributed by atoms with E-state index >= 15 is 0 Å². The summed E-state index contributed by atoms with van der Waals surface area (Å²) < 4.78 is 16.4. The second-order valence-electron chi connectivity index (χ2n) is 3.73. The molecular formula is C11H14O2S. The van der Waals surface area contributed by atoms with Crippen molar-refractivity contribution in [3.8, 4) is 0 Å². The maximum Gasteiger partial charge on any atom is 0.152 e. The lowest BCUT2D eigenvalue weighted by molar-refractivity contribution is 0.214. The molecule has 1 aliphatic carbocycles. The van der Waals surface area contributed by atoms with Gasteiger partial charge in [0.2, 0.25) is 0 Å². The van der Waals surface area contributed by atoms with Gasteiger partial charge in [-0.3, -0.25) is 4.18 Å². The molecule has 0 saturated carbocycles. The molecule has 1 aliphatic rings. The highest BCUT2D eigenvalue weighted by Crippen LogP contribution is 2.34. The fraction of sp³-hybridized carbons (Fsp3) is 0.455. The lowest BCUT2D eigenvalue weighted by Crippen LogP contribution is -2.17. The Bertz CT molecular complexity index is 362. The summed E-state index contributed by atoms with van der Waals surface area (Å²) in [6.07, 6.45) is 2.55. The van der Waals surface area contributed by atoms with Gasteiger partial charge in [-0.1, -0.05) is 31.2 Å². The molecule has 0 bridgehead atoms. The fourth-order valence-electron chi connectivity index (χ4n) is 2.05. The van der Waals surface area contributed by atoms with Gasteiger partial charge in [-0.05, 0) is 11.1 Å². The van der Waals surface area contributed by atoms with Crippen molar-refractivity contribution in [1.29, 1.82) is 0 Å². The van der Waals surface area contributed by atoms with Crippen molar-refractivity contribution >= 4 is 11.1 Å². The monoisotopic (exact) mass is 210 g/mol. The van der Waals surface area contributed by atoms with Crippen LogP contribution in [0.3, 0.4) is 0 Å².